The standard InChI is InChI=1S/C19H20Cl2O4/c1-14(20)23-11-12-24-17-10-6-5-9-16(17)13-25-19(22)18(21)15-7-3-2-4-8-15/h2-10,14,18H,11-13H2,1H3. The Kier molecular flexibility index (Phi) is 8.06. The fourth-order valence-electron chi connectivity index (χ4n) is 2.11. The molecule has 2 aromatic carbocycles. The first-order valence-corrected chi connectivity index (χ1v) is 8.77. The molecule has 0 spiro atoms. The molecule has 25 heavy (non-hydrogen) atoms. The first kappa shape index (κ1) is 19.6. The number of carbonyl (C=O) groups is 1. The van der Waals surface area contributed by atoms with Crippen molar-refractivity contribution in [3.8, 4) is 5.75 Å². The van der Waals surface area contributed by atoms with Crippen LogP contribution in [0.1, 0.15) is 23.4 Å². The number of alkyl halides is 2. The molecule has 2 rings (SSSR count). The minimum absolute atomic E-state index is 0.0812. The van der Waals surface area contributed by atoms with E-state index in [0.29, 0.717) is 24.5 Å². The second kappa shape index (κ2) is 10.3. The summed E-state index contributed by atoms with van der Waals surface area (Å²) in [5.74, 6) is 0.133. The van der Waals surface area contributed by atoms with E-state index in [1.54, 1.807) is 19.1 Å². The molecule has 0 fully saturated rings. The van der Waals surface area contributed by atoms with E-state index in [-0.39, 0.29) is 12.2 Å². The van der Waals surface area contributed by atoms with Gasteiger partial charge in [-0.15, -0.1) is 11.6 Å². The maximum atomic E-state index is 12.1. The van der Waals surface area contributed by atoms with Crippen molar-refractivity contribution in [3.05, 3.63) is 65.7 Å². The molecule has 134 valence electrons. The van der Waals surface area contributed by atoms with Gasteiger partial charge in [0.15, 0.2) is 5.38 Å². The topological polar surface area (TPSA) is 44.8 Å². The SMILES string of the molecule is CC(Cl)OCCOc1ccccc1COC(=O)C(Cl)c1ccccc1. The highest BCUT2D eigenvalue weighted by Crippen LogP contribution is 2.24. The number of benzene rings is 2. The van der Waals surface area contributed by atoms with Crippen LogP contribution in [0.3, 0.4) is 0 Å². The number of esters is 1. The smallest absolute Gasteiger partial charge is 0.328 e. The van der Waals surface area contributed by atoms with E-state index in [1.807, 2.05) is 42.5 Å². The zero-order chi connectivity index (χ0) is 18.1. The summed E-state index contributed by atoms with van der Waals surface area (Å²) < 4.78 is 16.2. The van der Waals surface area contributed by atoms with Gasteiger partial charge in [-0.05, 0) is 18.6 Å². The Morgan fingerprint density at radius 3 is 2.40 bits per heavy atom. The first-order chi connectivity index (χ1) is 12.1. The second-order valence-electron chi connectivity index (χ2n) is 5.25. The summed E-state index contributed by atoms with van der Waals surface area (Å²) >= 11 is 11.9. The lowest BCUT2D eigenvalue weighted by Gasteiger charge is -2.14. The molecule has 0 saturated carbocycles. The van der Waals surface area contributed by atoms with Gasteiger partial charge in [-0.1, -0.05) is 60.1 Å². The summed E-state index contributed by atoms with van der Waals surface area (Å²) in [6, 6.07) is 16.4. The normalized spacial score (nSPS) is 13.1. The van der Waals surface area contributed by atoms with Gasteiger partial charge in [0.05, 0.1) is 6.61 Å². The van der Waals surface area contributed by atoms with Crippen LogP contribution < -0.4 is 4.74 Å². The molecule has 0 saturated heterocycles. The Morgan fingerprint density at radius 2 is 1.68 bits per heavy atom. The molecule has 2 unspecified atom stereocenters. The molecular weight excluding hydrogens is 363 g/mol. The first-order valence-electron chi connectivity index (χ1n) is 7.90. The number of carbonyl (C=O) groups excluding carboxylic acids is 1. The Hall–Kier alpha value is -1.75. The van der Waals surface area contributed by atoms with E-state index in [9.17, 15) is 4.79 Å². The molecule has 0 N–H and O–H groups in total. The highest BCUT2D eigenvalue weighted by atomic mass is 35.5. The van der Waals surface area contributed by atoms with Crippen LogP contribution in [-0.2, 0) is 20.9 Å². The van der Waals surface area contributed by atoms with E-state index in [1.165, 1.54) is 0 Å². The van der Waals surface area contributed by atoms with Gasteiger partial charge in [0.1, 0.15) is 24.5 Å². The summed E-state index contributed by atoms with van der Waals surface area (Å²) in [5, 5.41) is -0.840. The molecule has 0 radical (unpaired) electrons. The van der Waals surface area contributed by atoms with Crippen LogP contribution in [0.25, 0.3) is 0 Å². The molecule has 2 atom stereocenters. The number of ether oxygens (including phenoxy) is 3. The maximum Gasteiger partial charge on any atom is 0.328 e. The number of halogens is 2. The van der Waals surface area contributed by atoms with Crippen LogP contribution in [0, 0.1) is 0 Å². The van der Waals surface area contributed by atoms with Crippen molar-refractivity contribution in [3.63, 3.8) is 0 Å². The highest BCUT2D eigenvalue weighted by Gasteiger charge is 2.19. The van der Waals surface area contributed by atoms with Crippen LogP contribution in [0.2, 0.25) is 0 Å². The van der Waals surface area contributed by atoms with Crippen LogP contribution in [0.5, 0.6) is 5.75 Å². The molecule has 0 amide bonds. The Morgan fingerprint density at radius 1 is 1.00 bits per heavy atom. The predicted octanol–water partition coefficient (Wildman–Crippen LogP) is 4.69. The molecule has 0 heterocycles. The van der Waals surface area contributed by atoms with Crippen molar-refractivity contribution in [1.29, 1.82) is 0 Å². The van der Waals surface area contributed by atoms with Gasteiger partial charge in [0.25, 0.3) is 0 Å². The summed E-state index contributed by atoms with van der Waals surface area (Å²) in [5.41, 5.74) is 1.09. The zero-order valence-electron chi connectivity index (χ0n) is 13.9. The Balaban J connectivity index is 1.88. The van der Waals surface area contributed by atoms with Gasteiger partial charge >= 0.3 is 5.97 Å². The Bertz CT molecular complexity index is 661. The summed E-state index contributed by atoms with van der Waals surface area (Å²) in [6.45, 7) is 2.54. The average molecular weight is 383 g/mol. The molecule has 6 heteroatoms. The third-order valence-corrected chi connectivity index (χ3v) is 3.89. The fraction of sp³-hybridized carbons (Fsp3) is 0.316. The summed E-state index contributed by atoms with van der Waals surface area (Å²) in [4.78, 5) is 12.1. The van der Waals surface area contributed by atoms with E-state index in [0.717, 1.165) is 5.56 Å². The maximum absolute atomic E-state index is 12.1. The summed E-state index contributed by atoms with van der Waals surface area (Å²) in [7, 11) is 0. The van der Waals surface area contributed by atoms with Crippen LogP contribution in [0.4, 0.5) is 0 Å². The molecule has 4 nitrogen and oxygen atoms in total. The zero-order valence-corrected chi connectivity index (χ0v) is 15.4. The van der Waals surface area contributed by atoms with Crippen molar-refractivity contribution in [2.24, 2.45) is 0 Å². The van der Waals surface area contributed by atoms with Gasteiger partial charge < -0.3 is 14.2 Å². The largest absolute Gasteiger partial charge is 0.491 e. The molecule has 2 aromatic rings. The third-order valence-electron chi connectivity index (χ3n) is 3.33. The van der Waals surface area contributed by atoms with Crippen molar-refractivity contribution < 1.29 is 19.0 Å². The number of hydrogen-bond acceptors (Lipinski definition) is 4. The van der Waals surface area contributed by atoms with Crippen molar-refractivity contribution >= 4 is 29.2 Å². The predicted molar refractivity (Wildman–Crippen MR) is 98.0 cm³/mol. The van der Waals surface area contributed by atoms with Crippen molar-refractivity contribution in [2.45, 2.75) is 24.5 Å². The molecule has 0 bridgehead atoms. The van der Waals surface area contributed by atoms with E-state index in [2.05, 4.69) is 0 Å². The monoisotopic (exact) mass is 382 g/mol. The van der Waals surface area contributed by atoms with E-state index >= 15 is 0 Å². The lowest BCUT2D eigenvalue weighted by molar-refractivity contribution is -0.144. The second-order valence-corrected chi connectivity index (χ2v) is 6.30. The summed E-state index contributed by atoms with van der Waals surface area (Å²) in [6.07, 6.45) is 0. The molecule has 0 aliphatic carbocycles. The highest BCUT2D eigenvalue weighted by molar-refractivity contribution is 6.29. The molecule has 0 aromatic heterocycles. The number of hydrogen-bond donors (Lipinski definition) is 0. The van der Waals surface area contributed by atoms with Gasteiger partial charge in [0.2, 0.25) is 0 Å². The molecular formula is C19H20Cl2O4. The third kappa shape index (κ3) is 6.58. The lowest BCUT2D eigenvalue weighted by atomic mass is 10.1. The van der Waals surface area contributed by atoms with Crippen LogP contribution >= 0.6 is 23.2 Å². The van der Waals surface area contributed by atoms with Crippen LogP contribution in [0.15, 0.2) is 54.6 Å². The van der Waals surface area contributed by atoms with Crippen LogP contribution in [-0.4, -0.2) is 24.7 Å². The van der Waals surface area contributed by atoms with Gasteiger partial charge in [-0.2, -0.15) is 0 Å². The minimum atomic E-state index is -0.840. The fourth-order valence-corrected chi connectivity index (χ4v) is 2.40. The number of rotatable bonds is 9. The lowest BCUT2D eigenvalue weighted by Crippen LogP contribution is -2.13. The molecule has 0 aliphatic rings. The van der Waals surface area contributed by atoms with E-state index in [4.69, 9.17) is 37.4 Å². The van der Waals surface area contributed by atoms with E-state index < -0.39 is 11.3 Å². The van der Waals surface area contributed by atoms with Crippen molar-refractivity contribution in [2.75, 3.05) is 13.2 Å². The van der Waals surface area contributed by atoms with Gasteiger partial charge in [-0.3, -0.25) is 4.79 Å². The van der Waals surface area contributed by atoms with Gasteiger partial charge in [0, 0.05) is 5.56 Å². The molecule has 0 aliphatic heterocycles. The van der Waals surface area contributed by atoms with Crippen molar-refractivity contribution in [1.82, 2.24) is 0 Å². The Labute approximate surface area is 157 Å². The number of para-hydroxylation sites is 1. The van der Waals surface area contributed by atoms with Gasteiger partial charge in [-0.25, -0.2) is 0 Å². The average Bonchev–Trinajstić information content (AvgIpc) is 2.64. The minimum Gasteiger partial charge on any atom is -0.491 e. The quantitative estimate of drug-likeness (QED) is 0.358.